The molecule has 1 aliphatic rings. The van der Waals surface area contributed by atoms with Crippen molar-refractivity contribution in [1.29, 1.82) is 0 Å². The number of fused-ring (bicyclic) bond motifs is 1. The van der Waals surface area contributed by atoms with Gasteiger partial charge in [-0.05, 0) is 42.7 Å². The van der Waals surface area contributed by atoms with Crippen molar-refractivity contribution < 1.29 is 4.74 Å². The summed E-state index contributed by atoms with van der Waals surface area (Å²) in [5, 5.41) is 0. The summed E-state index contributed by atoms with van der Waals surface area (Å²) < 4.78 is 7.97. The molecular weight excluding hydrogens is 262 g/mol. The van der Waals surface area contributed by atoms with Crippen molar-refractivity contribution >= 4 is 17.0 Å². The predicted molar refractivity (Wildman–Crippen MR) is 86.4 cm³/mol. The Balaban J connectivity index is 1.98. The fourth-order valence-electron chi connectivity index (χ4n) is 3.03. The standard InChI is InChI=1S/C17H25N3O/c1-4-10-21-14-7-5-6-13-15(14)19-16(18)20(13)11-17(8-9-17)12(2)3/h5-7,12H,4,8-11H2,1-3H3,(H2,18,19). The summed E-state index contributed by atoms with van der Waals surface area (Å²) in [5.41, 5.74) is 8.57. The zero-order chi connectivity index (χ0) is 15.0. The molecular formula is C17H25N3O. The van der Waals surface area contributed by atoms with E-state index >= 15 is 0 Å². The normalized spacial score (nSPS) is 16.6. The van der Waals surface area contributed by atoms with Crippen molar-refractivity contribution in [2.75, 3.05) is 12.3 Å². The molecule has 4 heteroatoms. The maximum Gasteiger partial charge on any atom is 0.201 e. The number of nitrogens with zero attached hydrogens (tertiary/aromatic N) is 2. The van der Waals surface area contributed by atoms with Gasteiger partial charge in [0.15, 0.2) is 0 Å². The molecule has 1 heterocycles. The first-order valence-corrected chi connectivity index (χ1v) is 7.95. The average molecular weight is 287 g/mol. The molecule has 1 saturated carbocycles. The van der Waals surface area contributed by atoms with Gasteiger partial charge in [0.1, 0.15) is 11.3 Å². The van der Waals surface area contributed by atoms with Crippen LogP contribution in [0, 0.1) is 11.3 Å². The minimum atomic E-state index is 0.405. The van der Waals surface area contributed by atoms with E-state index in [9.17, 15) is 0 Å². The van der Waals surface area contributed by atoms with Gasteiger partial charge in [-0.25, -0.2) is 4.98 Å². The number of aromatic nitrogens is 2. The van der Waals surface area contributed by atoms with E-state index in [-0.39, 0.29) is 0 Å². The summed E-state index contributed by atoms with van der Waals surface area (Å²) in [5.74, 6) is 2.12. The van der Waals surface area contributed by atoms with Crippen LogP contribution < -0.4 is 10.5 Å². The molecule has 0 bridgehead atoms. The van der Waals surface area contributed by atoms with Crippen LogP contribution in [-0.4, -0.2) is 16.2 Å². The van der Waals surface area contributed by atoms with Crippen molar-refractivity contribution in [1.82, 2.24) is 9.55 Å². The number of anilines is 1. The quantitative estimate of drug-likeness (QED) is 0.878. The number of rotatable bonds is 6. The lowest BCUT2D eigenvalue weighted by atomic mass is 9.92. The molecule has 0 spiro atoms. The topological polar surface area (TPSA) is 53.1 Å². The predicted octanol–water partition coefficient (Wildman–Crippen LogP) is 3.84. The Morgan fingerprint density at radius 2 is 2.14 bits per heavy atom. The van der Waals surface area contributed by atoms with Crippen LogP contribution in [0.2, 0.25) is 0 Å². The minimum Gasteiger partial charge on any atom is -0.491 e. The SMILES string of the molecule is CCCOc1cccc2c1nc(N)n2CC1(C(C)C)CC1. The number of nitrogens with two attached hydrogens (primary N) is 1. The van der Waals surface area contributed by atoms with Gasteiger partial charge in [0.05, 0.1) is 12.1 Å². The Kier molecular flexibility index (Phi) is 3.56. The highest BCUT2D eigenvalue weighted by Crippen LogP contribution is 2.53. The molecule has 2 aromatic rings. The maximum absolute atomic E-state index is 6.18. The van der Waals surface area contributed by atoms with E-state index in [1.54, 1.807) is 0 Å². The van der Waals surface area contributed by atoms with Gasteiger partial charge >= 0.3 is 0 Å². The highest BCUT2D eigenvalue weighted by Gasteiger charge is 2.46. The first-order chi connectivity index (χ1) is 10.1. The fraction of sp³-hybridized carbons (Fsp3) is 0.588. The molecule has 114 valence electrons. The van der Waals surface area contributed by atoms with Gasteiger partial charge in [-0.3, -0.25) is 0 Å². The maximum atomic E-state index is 6.18. The van der Waals surface area contributed by atoms with Crippen LogP contribution in [0.3, 0.4) is 0 Å². The van der Waals surface area contributed by atoms with Crippen LogP contribution in [-0.2, 0) is 6.54 Å². The van der Waals surface area contributed by atoms with Gasteiger partial charge in [-0.15, -0.1) is 0 Å². The molecule has 1 aliphatic carbocycles. The van der Waals surface area contributed by atoms with Crippen molar-refractivity contribution in [3.8, 4) is 5.75 Å². The monoisotopic (exact) mass is 287 g/mol. The Hall–Kier alpha value is -1.71. The molecule has 4 nitrogen and oxygen atoms in total. The molecule has 1 aromatic carbocycles. The molecule has 3 rings (SSSR count). The molecule has 0 atom stereocenters. The van der Waals surface area contributed by atoms with Gasteiger partial charge in [-0.1, -0.05) is 26.8 Å². The minimum absolute atomic E-state index is 0.405. The number of para-hydroxylation sites is 1. The Labute approximate surface area is 126 Å². The van der Waals surface area contributed by atoms with Crippen molar-refractivity contribution in [3.05, 3.63) is 18.2 Å². The van der Waals surface area contributed by atoms with E-state index in [2.05, 4.69) is 36.4 Å². The van der Waals surface area contributed by atoms with Crippen molar-refractivity contribution in [2.24, 2.45) is 11.3 Å². The van der Waals surface area contributed by atoms with E-state index in [1.165, 1.54) is 12.8 Å². The van der Waals surface area contributed by atoms with Crippen LogP contribution in [0.5, 0.6) is 5.75 Å². The molecule has 0 amide bonds. The Bertz CT molecular complexity index is 641. The number of hydrogen-bond acceptors (Lipinski definition) is 3. The number of imidazole rings is 1. The third-order valence-corrected chi connectivity index (χ3v) is 4.82. The summed E-state index contributed by atoms with van der Waals surface area (Å²) >= 11 is 0. The third-order valence-electron chi connectivity index (χ3n) is 4.82. The van der Waals surface area contributed by atoms with Crippen molar-refractivity contribution in [3.63, 3.8) is 0 Å². The zero-order valence-electron chi connectivity index (χ0n) is 13.2. The number of benzene rings is 1. The van der Waals surface area contributed by atoms with Gasteiger partial charge in [0, 0.05) is 6.54 Å². The van der Waals surface area contributed by atoms with Gasteiger partial charge < -0.3 is 15.0 Å². The lowest BCUT2D eigenvalue weighted by Crippen LogP contribution is -2.18. The van der Waals surface area contributed by atoms with Crippen LogP contribution in [0.1, 0.15) is 40.0 Å². The summed E-state index contributed by atoms with van der Waals surface area (Å²) in [4.78, 5) is 4.55. The van der Waals surface area contributed by atoms with E-state index in [0.717, 1.165) is 29.7 Å². The zero-order valence-corrected chi connectivity index (χ0v) is 13.2. The summed E-state index contributed by atoms with van der Waals surface area (Å²) in [6.07, 6.45) is 3.56. The van der Waals surface area contributed by atoms with E-state index in [1.807, 2.05) is 12.1 Å². The molecule has 21 heavy (non-hydrogen) atoms. The lowest BCUT2D eigenvalue weighted by Gasteiger charge is -2.21. The van der Waals surface area contributed by atoms with E-state index in [4.69, 9.17) is 10.5 Å². The third kappa shape index (κ3) is 2.47. The van der Waals surface area contributed by atoms with Crippen molar-refractivity contribution in [2.45, 2.75) is 46.6 Å². The molecule has 1 aromatic heterocycles. The van der Waals surface area contributed by atoms with Gasteiger partial charge in [0.2, 0.25) is 5.95 Å². The second-order valence-electron chi connectivity index (χ2n) is 6.55. The van der Waals surface area contributed by atoms with Gasteiger partial charge in [-0.2, -0.15) is 0 Å². The van der Waals surface area contributed by atoms with E-state index in [0.29, 0.717) is 23.9 Å². The summed E-state index contributed by atoms with van der Waals surface area (Å²) in [6.45, 7) is 8.38. The van der Waals surface area contributed by atoms with Crippen LogP contribution in [0.15, 0.2) is 18.2 Å². The Morgan fingerprint density at radius 3 is 2.76 bits per heavy atom. The molecule has 1 fully saturated rings. The largest absolute Gasteiger partial charge is 0.491 e. The molecule has 0 radical (unpaired) electrons. The van der Waals surface area contributed by atoms with Gasteiger partial charge in [0.25, 0.3) is 0 Å². The second kappa shape index (κ2) is 5.24. The fourth-order valence-corrected chi connectivity index (χ4v) is 3.03. The summed E-state index contributed by atoms with van der Waals surface area (Å²) in [6, 6.07) is 6.10. The number of hydrogen-bond donors (Lipinski definition) is 1. The first kappa shape index (κ1) is 14.2. The lowest BCUT2D eigenvalue weighted by molar-refractivity contribution is 0.314. The van der Waals surface area contributed by atoms with Crippen LogP contribution in [0.4, 0.5) is 5.95 Å². The Morgan fingerprint density at radius 1 is 1.38 bits per heavy atom. The van der Waals surface area contributed by atoms with Crippen LogP contribution in [0.25, 0.3) is 11.0 Å². The highest BCUT2D eigenvalue weighted by atomic mass is 16.5. The van der Waals surface area contributed by atoms with E-state index < -0.39 is 0 Å². The second-order valence-corrected chi connectivity index (χ2v) is 6.55. The smallest absolute Gasteiger partial charge is 0.201 e. The highest BCUT2D eigenvalue weighted by molar-refractivity contribution is 5.84. The molecule has 0 aliphatic heterocycles. The first-order valence-electron chi connectivity index (χ1n) is 7.95. The number of ether oxygens (including phenoxy) is 1. The number of nitrogen functional groups attached to an aromatic ring is 1. The molecule has 2 N–H and O–H groups in total. The molecule has 0 unspecified atom stereocenters. The van der Waals surface area contributed by atoms with Crippen LogP contribution >= 0.6 is 0 Å². The molecule has 0 saturated heterocycles. The average Bonchev–Trinajstić information content (AvgIpc) is 3.18. The summed E-state index contributed by atoms with van der Waals surface area (Å²) in [7, 11) is 0.